The van der Waals surface area contributed by atoms with Crippen molar-refractivity contribution in [3.05, 3.63) is 48.2 Å². The number of ether oxygens (including phenoxy) is 2. The molecule has 0 bridgehead atoms. The first-order chi connectivity index (χ1) is 14.3. The fourth-order valence-electron chi connectivity index (χ4n) is 3.20. The summed E-state index contributed by atoms with van der Waals surface area (Å²) in [6.07, 6.45) is 4.37. The average Bonchev–Trinajstić information content (AvgIpc) is 3.30. The Morgan fingerprint density at radius 2 is 1.83 bits per heavy atom. The highest BCUT2D eigenvalue weighted by atomic mass is 127. The van der Waals surface area contributed by atoms with E-state index < -0.39 is 0 Å². The summed E-state index contributed by atoms with van der Waals surface area (Å²) in [5.41, 5.74) is 1.16. The highest BCUT2D eigenvalue weighted by Gasteiger charge is 2.13. The number of benzene rings is 1. The molecule has 1 fully saturated rings. The van der Waals surface area contributed by atoms with E-state index in [2.05, 4.69) is 33.5 Å². The molecule has 1 aromatic heterocycles. The van der Waals surface area contributed by atoms with Gasteiger partial charge in [-0.3, -0.25) is 0 Å². The fraction of sp³-hybridized carbons (Fsp3) is 0.455. The lowest BCUT2D eigenvalue weighted by Crippen LogP contribution is -2.39. The predicted octanol–water partition coefficient (Wildman–Crippen LogP) is 3.44. The molecule has 0 radical (unpaired) electrons. The number of methoxy groups -OCH3 is 1. The normalized spacial score (nSPS) is 13.5. The van der Waals surface area contributed by atoms with Gasteiger partial charge in [-0.2, -0.15) is 0 Å². The van der Waals surface area contributed by atoms with Crippen LogP contribution in [0.25, 0.3) is 0 Å². The molecular formula is C22H32IN5O2. The molecule has 164 valence electrons. The van der Waals surface area contributed by atoms with Gasteiger partial charge in [0.05, 0.1) is 20.2 Å². The third-order valence-electron chi connectivity index (χ3n) is 4.73. The molecule has 1 aliphatic rings. The predicted molar refractivity (Wildman–Crippen MR) is 132 cm³/mol. The maximum Gasteiger partial charge on any atom is 0.191 e. The van der Waals surface area contributed by atoms with Crippen molar-refractivity contribution in [2.75, 3.05) is 44.8 Å². The molecule has 3 rings (SSSR count). The van der Waals surface area contributed by atoms with Crippen LogP contribution in [0.3, 0.4) is 0 Å². The maximum absolute atomic E-state index is 5.75. The van der Waals surface area contributed by atoms with Gasteiger partial charge in [-0.15, -0.1) is 24.0 Å². The molecule has 0 amide bonds. The Kier molecular flexibility index (Phi) is 10.5. The second-order valence-electron chi connectivity index (χ2n) is 6.86. The first-order valence-corrected chi connectivity index (χ1v) is 10.3. The van der Waals surface area contributed by atoms with Crippen LogP contribution < -0.4 is 25.0 Å². The number of hydrogen-bond acceptors (Lipinski definition) is 5. The Morgan fingerprint density at radius 3 is 2.53 bits per heavy atom. The molecule has 0 unspecified atom stereocenters. The molecule has 1 aliphatic heterocycles. The average molecular weight is 525 g/mol. The van der Waals surface area contributed by atoms with Gasteiger partial charge >= 0.3 is 0 Å². The van der Waals surface area contributed by atoms with Crippen LogP contribution in [0, 0.1) is 0 Å². The quantitative estimate of drug-likeness (QED) is 0.226. The van der Waals surface area contributed by atoms with E-state index in [1.165, 1.54) is 12.8 Å². The van der Waals surface area contributed by atoms with Crippen LogP contribution >= 0.6 is 24.0 Å². The summed E-state index contributed by atoms with van der Waals surface area (Å²) in [7, 11) is 1.65. The molecule has 30 heavy (non-hydrogen) atoms. The number of anilines is 1. The summed E-state index contributed by atoms with van der Waals surface area (Å²) < 4.78 is 10.9. The van der Waals surface area contributed by atoms with Crippen molar-refractivity contribution < 1.29 is 9.47 Å². The van der Waals surface area contributed by atoms with Crippen LogP contribution in [-0.4, -0.2) is 50.8 Å². The molecule has 2 heterocycles. The fourth-order valence-corrected chi connectivity index (χ4v) is 3.20. The van der Waals surface area contributed by atoms with Gasteiger partial charge < -0.3 is 25.0 Å². The van der Waals surface area contributed by atoms with Gasteiger partial charge in [0.25, 0.3) is 0 Å². The lowest BCUT2D eigenvalue weighted by Gasteiger charge is -2.16. The number of nitrogens with one attached hydrogen (secondary N) is 2. The third kappa shape index (κ3) is 7.55. The van der Waals surface area contributed by atoms with Crippen LogP contribution in [0.4, 0.5) is 5.82 Å². The number of rotatable bonds is 9. The van der Waals surface area contributed by atoms with Gasteiger partial charge in [-0.1, -0.05) is 0 Å². The van der Waals surface area contributed by atoms with Crippen molar-refractivity contribution in [2.24, 2.45) is 4.99 Å². The lowest BCUT2D eigenvalue weighted by molar-refractivity contribution is 0.321. The van der Waals surface area contributed by atoms with E-state index >= 15 is 0 Å². The first kappa shape index (κ1) is 24.0. The molecular weight excluding hydrogens is 493 g/mol. The number of aromatic nitrogens is 1. The molecule has 2 aromatic rings. The van der Waals surface area contributed by atoms with E-state index in [1.54, 1.807) is 7.11 Å². The molecule has 0 spiro atoms. The topological polar surface area (TPSA) is 71.0 Å². The van der Waals surface area contributed by atoms with Crippen LogP contribution in [0.15, 0.2) is 47.6 Å². The number of pyridine rings is 1. The van der Waals surface area contributed by atoms with Gasteiger partial charge in [-0.25, -0.2) is 9.98 Å². The second kappa shape index (κ2) is 13.1. The minimum absolute atomic E-state index is 0. The smallest absolute Gasteiger partial charge is 0.191 e. The van der Waals surface area contributed by atoms with Crippen LogP contribution in [-0.2, 0) is 6.54 Å². The summed E-state index contributed by atoms with van der Waals surface area (Å²) in [5, 5.41) is 6.59. The maximum atomic E-state index is 5.75. The van der Waals surface area contributed by atoms with E-state index in [-0.39, 0.29) is 24.0 Å². The third-order valence-corrected chi connectivity index (χ3v) is 4.73. The zero-order valence-electron chi connectivity index (χ0n) is 17.8. The molecule has 0 atom stereocenters. The molecule has 1 saturated heterocycles. The van der Waals surface area contributed by atoms with Crippen molar-refractivity contribution in [2.45, 2.75) is 26.3 Å². The largest absolute Gasteiger partial charge is 0.497 e. The Morgan fingerprint density at radius 1 is 1.10 bits per heavy atom. The zero-order valence-corrected chi connectivity index (χ0v) is 20.1. The van der Waals surface area contributed by atoms with Gasteiger partial charge in [-0.05, 0) is 61.7 Å². The number of hydrogen-bond donors (Lipinski definition) is 2. The number of halogens is 1. The van der Waals surface area contributed by atoms with Crippen molar-refractivity contribution >= 4 is 35.8 Å². The van der Waals surface area contributed by atoms with E-state index in [9.17, 15) is 0 Å². The number of guanidine groups is 1. The van der Waals surface area contributed by atoms with Crippen LogP contribution in [0.1, 0.15) is 25.3 Å². The van der Waals surface area contributed by atoms with Gasteiger partial charge in [0.15, 0.2) is 5.96 Å². The van der Waals surface area contributed by atoms with Crippen molar-refractivity contribution in [3.63, 3.8) is 0 Å². The van der Waals surface area contributed by atoms with E-state index in [0.29, 0.717) is 19.7 Å². The standard InChI is InChI=1S/C22H31N5O2.HI/c1-3-23-22(25-12-15-29-20-8-6-19(28-2)7-9-20)26-17-18-10-11-24-21(16-18)27-13-4-5-14-27;/h6-11,16H,3-5,12-15,17H2,1-2H3,(H2,23,25,26);1H. The summed E-state index contributed by atoms with van der Waals surface area (Å²) >= 11 is 0. The van der Waals surface area contributed by atoms with Crippen LogP contribution in [0.5, 0.6) is 11.5 Å². The Labute approximate surface area is 196 Å². The van der Waals surface area contributed by atoms with Gasteiger partial charge in [0.1, 0.15) is 23.9 Å². The van der Waals surface area contributed by atoms with Crippen molar-refractivity contribution in [1.82, 2.24) is 15.6 Å². The first-order valence-electron chi connectivity index (χ1n) is 10.3. The Hall–Kier alpha value is -2.23. The Balaban J connectivity index is 0.00000320. The monoisotopic (exact) mass is 525 g/mol. The number of aliphatic imine (C=N–C) groups is 1. The van der Waals surface area contributed by atoms with Crippen molar-refractivity contribution in [3.8, 4) is 11.5 Å². The summed E-state index contributed by atoms with van der Waals surface area (Å²) in [4.78, 5) is 11.5. The minimum Gasteiger partial charge on any atom is -0.497 e. The number of nitrogens with zero attached hydrogens (tertiary/aromatic N) is 3. The van der Waals surface area contributed by atoms with E-state index in [0.717, 1.165) is 48.5 Å². The molecule has 0 saturated carbocycles. The SMILES string of the molecule is CCNC(=NCc1ccnc(N2CCCC2)c1)NCCOc1ccc(OC)cc1.I. The van der Waals surface area contributed by atoms with Crippen LogP contribution in [0.2, 0.25) is 0 Å². The lowest BCUT2D eigenvalue weighted by atomic mass is 10.2. The van der Waals surface area contributed by atoms with Gasteiger partial charge in [0, 0.05) is 25.8 Å². The highest BCUT2D eigenvalue weighted by molar-refractivity contribution is 14.0. The van der Waals surface area contributed by atoms with E-state index in [4.69, 9.17) is 14.5 Å². The summed E-state index contributed by atoms with van der Waals surface area (Å²) in [6, 6.07) is 11.8. The van der Waals surface area contributed by atoms with Crippen molar-refractivity contribution in [1.29, 1.82) is 0 Å². The molecule has 2 N–H and O–H groups in total. The van der Waals surface area contributed by atoms with Gasteiger partial charge in [0.2, 0.25) is 0 Å². The molecule has 0 aliphatic carbocycles. The highest BCUT2D eigenvalue weighted by Crippen LogP contribution is 2.19. The van der Waals surface area contributed by atoms with E-state index in [1.807, 2.05) is 36.5 Å². The summed E-state index contributed by atoms with van der Waals surface area (Å²) in [5.74, 6) is 3.48. The molecule has 8 heteroatoms. The zero-order chi connectivity index (χ0) is 20.3. The molecule has 1 aromatic carbocycles. The Bertz CT molecular complexity index is 779. The summed E-state index contributed by atoms with van der Waals surface area (Å²) in [6.45, 7) is 6.87. The second-order valence-corrected chi connectivity index (χ2v) is 6.86. The molecule has 7 nitrogen and oxygen atoms in total. The minimum atomic E-state index is 0.